The van der Waals surface area contributed by atoms with E-state index in [4.69, 9.17) is 0 Å². The van der Waals surface area contributed by atoms with E-state index >= 15 is 0 Å². The van der Waals surface area contributed by atoms with E-state index in [2.05, 4.69) is 4.98 Å². The first kappa shape index (κ1) is 14.9. The van der Waals surface area contributed by atoms with Crippen LogP contribution in [0.2, 0.25) is 0 Å². The zero-order valence-corrected chi connectivity index (χ0v) is 12.2. The molecular formula is C10H6BF3KNO. The molecule has 1 heterocycles. The summed E-state index contributed by atoms with van der Waals surface area (Å²) in [7, 11) is 0. The van der Waals surface area contributed by atoms with Crippen LogP contribution in [0.4, 0.5) is 12.9 Å². The fourth-order valence-electron chi connectivity index (χ4n) is 1.39. The third-order valence-electron chi connectivity index (χ3n) is 2.17. The van der Waals surface area contributed by atoms with E-state index in [1.165, 1.54) is 6.07 Å². The van der Waals surface area contributed by atoms with Crippen molar-refractivity contribution in [1.29, 1.82) is 0 Å². The van der Waals surface area contributed by atoms with Gasteiger partial charge in [0.05, 0.1) is 5.52 Å². The van der Waals surface area contributed by atoms with Crippen LogP contribution in [0.1, 0.15) is 10.4 Å². The number of hydrogen-bond donors (Lipinski definition) is 0. The molecule has 0 radical (unpaired) electrons. The molecule has 1 aromatic heterocycles. The SMILES string of the molecule is O=C(c1cnc2ccccc2c1)[B-](F)(F)F.[K+]. The predicted molar refractivity (Wildman–Crippen MR) is 55.2 cm³/mol. The molecule has 2 aromatic rings. The number of fused-ring (bicyclic) bond motifs is 1. The average molecular weight is 263 g/mol. The fraction of sp³-hybridized carbons (Fsp3) is 0. The Morgan fingerprint density at radius 1 is 1.18 bits per heavy atom. The second-order valence-electron chi connectivity index (χ2n) is 3.36. The topological polar surface area (TPSA) is 30.0 Å². The fourth-order valence-corrected chi connectivity index (χ4v) is 1.39. The van der Waals surface area contributed by atoms with Crippen LogP contribution >= 0.6 is 0 Å². The smallest absolute Gasteiger partial charge is 0.443 e. The molecule has 7 heteroatoms. The summed E-state index contributed by atoms with van der Waals surface area (Å²) in [5.74, 6) is 0. The van der Waals surface area contributed by atoms with Crippen molar-refractivity contribution in [3.8, 4) is 0 Å². The summed E-state index contributed by atoms with van der Waals surface area (Å²) in [4.78, 5) is 14.8. The van der Waals surface area contributed by atoms with Gasteiger partial charge in [-0.25, -0.2) is 0 Å². The Labute approximate surface area is 138 Å². The van der Waals surface area contributed by atoms with Gasteiger partial charge in [0.2, 0.25) is 0 Å². The summed E-state index contributed by atoms with van der Waals surface area (Å²) in [5, 5.41) is 0.522. The van der Waals surface area contributed by atoms with Gasteiger partial charge in [-0.3, -0.25) is 4.98 Å². The van der Waals surface area contributed by atoms with Crippen LogP contribution in [0.3, 0.4) is 0 Å². The molecule has 2 nitrogen and oxygen atoms in total. The Hall–Kier alpha value is -0.209. The summed E-state index contributed by atoms with van der Waals surface area (Å²) in [6.45, 7) is -5.49. The molecule has 0 N–H and O–H groups in total. The number of aromatic nitrogens is 1. The Bertz CT molecular complexity index is 558. The molecule has 1 aromatic carbocycles. The number of benzene rings is 1. The van der Waals surface area contributed by atoms with Crippen molar-refractivity contribution in [1.82, 2.24) is 4.98 Å². The van der Waals surface area contributed by atoms with Crippen molar-refractivity contribution in [2.75, 3.05) is 0 Å². The monoisotopic (exact) mass is 263 g/mol. The van der Waals surface area contributed by atoms with Gasteiger partial charge in [-0.2, -0.15) is 0 Å². The molecular weight excluding hydrogens is 257 g/mol. The molecule has 2 rings (SSSR count). The number of carbonyl (C=O) groups excluding carboxylic acids is 1. The van der Waals surface area contributed by atoms with Gasteiger partial charge < -0.3 is 17.7 Å². The summed E-state index contributed by atoms with van der Waals surface area (Å²) in [5.41, 5.74) is -1.65. The molecule has 0 aliphatic carbocycles. The Kier molecular flexibility index (Phi) is 4.91. The minimum Gasteiger partial charge on any atom is -0.443 e. The molecule has 0 atom stereocenters. The molecule has 0 saturated carbocycles. The van der Waals surface area contributed by atoms with Gasteiger partial charge in [0.15, 0.2) is 0 Å². The molecule has 0 unspecified atom stereocenters. The molecule has 17 heavy (non-hydrogen) atoms. The van der Waals surface area contributed by atoms with Gasteiger partial charge >= 0.3 is 58.4 Å². The molecule has 0 aliphatic heterocycles. The quantitative estimate of drug-likeness (QED) is 0.703. The van der Waals surface area contributed by atoms with Crippen LogP contribution < -0.4 is 51.4 Å². The van der Waals surface area contributed by atoms with Crippen molar-refractivity contribution in [2.24, 2.45) is 0 Å². The molecule has 0 aliphatic rings. The first-order valence-electron chi connectivity index (χ1n) is 4.57. The van der Waals surface area contributed by atoms with Gasteiger partial charge in [-0.05, 0) is 12.1 Å². The molecule has 82 valence electrons. The van der Waals surface area contributed by atoms with Crippen molar-refractivity contribution >= 4 is 23.6 Å². The van der Waals surface area contributed by atoms with Gasteiger partial charge in [-0.1, -0.05) is 18.2 Å². The standard InChI is InChI=1S/C10H6BF3NO.K/c12-11(13,14)10(16)8-5-7-3-1-2-4-9(7)15-6-8;/h1-6H;/q-1;+1. The van der Waals surface area contributed by atoms with Crippen LogP contribution in [0, 0.1) is 0 Å². The third kappa shape index (κ3) is 3.38. The minimum absolute atomic E-state index is 0. The maximum absolute atomic E-state index is 12.2. The summed E-state index contributed by atoms with van der Waals surface area (Å²) in [6.07, 6.45) is 0.958. The first-order valence-corrected chi connectivity index (χ1v) is 4.57. The minimum atomic E-state index is -5.49. The molecule has 0 bridgehead atoms. The second-order valence-corrected chi connectivity index (χ2v) is 3.36. The molecule has 0 saturated heterocycles. The van der Waals surface area contributed by atoms with E-state index in [0.717, 1.165) is 6.20 Å². The molecule has 0 spiro atoms. The van der Waals surface area contributed by atoms with Gasteiger partial charge in [-0.15, -0.1) is 0 Å². The maximum Gasteiger partial charge on any atom is 1.00 e. The Morgan fingerprint density at radius 3 is 2.47 bits per heavy atom. The van der Waals surface area contributed by atoms with E-state index in [0.29, 0.717) is 10.9 Å². The summed E-state index contributed by atoms with van der Waals surface area (Å²) >= 11 is 0. The van der Waals surface area contributed by atoms with Gasteiger partial charge in [0, 0.05) is 17.1 Å². The number of nitrogens with zero attached hydrogens (tertiary/aromatic N) is 1. The van der Waals surface area contributed by atoms with Crippen LogP contribution in [-0.2, 0) is 0 Å². The van der Waals surface area contributed by atoms with Crippen molar-refractivity contribution in [2.45, 2.75) is 0 Å². The first-order chi connectivity index (χ1) is 7.48. The van der Waals surface area contributed by atoms with Crippen LogP contribution in [0.25, 0.3) is 10.9 Å². The van der Waals surface area contributed by atoms with E-state index in [-0.39, 0.29) is 51.4 Å². The normalized spacial score (nSPS) is 11.0. The Balaban J connectivity index is 0.00000144. The summed E-state index contributed by atoms with van der Waals surface area (Å²) < 4.78 is 36.7. The maximum atomic E-state index is 12.2. The number of hydrogen-bond acceptors (Lipinski definition) is 2. The van der Waals surface area contributed by atoms with Crippen LogP contribution in [-0.4, -0.2) is 17.6 Å². The average Bonchev–Trinajstić information content (AvgIpc) is 2.26. The number of halogens is 3. The third-order valence-corrected chi connectivity index (χ3v) is 2.17. The molecule has 0 fully saturated rings. The number of rotatable bonds is 2. The van der Waals surface area contributed by atoms with Crippen molar-refractivity contribution < 1.29 is 69.1 Å². The number of carbonyl (C=O) groups is 1. The van der Waals surface area contributed by atoms with E-state index < -0.39 is 18.2 Å². The summed E-state index contributed by atoms with van der Waals surface area (Å²) in [6, 6.07) is 7.90. The predicted octanol–water partition coefficient (Wildman–Crippen LogP) is -0.192. The zero-order chi connectivity index (χ0) is 11.8. The van der Waals surface area contributed by atoms with Crippen LogP contribution in [0.15, 0.2) is 36.5 Å². The number of para-hydroxylation sites is 1. The van der Waals surface area contributed by atoms with E-state index in [9.17, 15) is 17.7 Å². The van der Waals surface area contributed by atoms with Gasteiger partial charge in [0.1, 0.15) is 5.68 Å². The van der Waals surface area contributed by atoms with Crippen LogP contribution in [0.5, 0.6) is 0 Å². The Morgan fingerprint density at radius 2 is 1.82 bits per heavy atom. The largest absolute Gasteiger partial charge is 1.00 e. The van der Waals surface area contributed by atoms with E-state index in [1.807, 2.05) is 0 Å². The second kappa shape index (κ2) is 5.62. The van der Waals surface area contributed by atoms with E-state index in [1.54, 1.807) is 24.3 Å². The molecule has 0 amide bonds. The van der Waals surface area contributed by atoms with Gasteiger partial charge in [0.25, 0.3) is 0 Å². The van der Waals surface area contributed by atoms with Crippen molar-refractivity contribution in [3.05, 3.63) is 42.1 Å². The number of pyridine rings is 1. The van der Waals surface area contributed by atoms with Crippen molar-refractivity contribution in [3.63, 3.8) is 0 Å². The zero-order valence-electron chi connectivity index (χ0n) is 9.03.